The number of alkyl halides is 3. The van der Waals surface area contributed by atoms with Crippen molar-refractivity contribution in [2.45, 2.75) is 6.18 Å². The molecule has 0 amide bonds. The van der Waals surface area contributed by atoms with Gasteiger partial charge in [0, 0.05) is 12.7 Å². The highest BCUT2D eigenvalue weighted by molar-refractivity contribution is 5.57. The zero-order chi connectivity index (χ0) is 13.9. The number of ether oxygens (including phenoxy) is 2. The van der Waals surface area contributed by atoms with E-state index in [-0.39, 0.29) is 12.6 Å². The number of methoxy groups -OCH3 is 1. The largest absolute Gasteiger partial charge is 0.468 e. The van der Waals surface area contributed by atoms with Gasteiger partial charge in [-0.3, -0.25) is 0 Å². The molecule has 102 valence electrons. The van der Waals surface area contributed by atoms with Crippen molar-refractivity contribution in [1.82, 2.24) is 9.97 Å². The van der Waals surface area contributed by atoms with Gasteiger partial charge in [-0.25, -0.2) is 4.98 Å². The average molecular weight is 272 g/mol. The van der Waals surface area contributed by atoms with Crippen molar-refractivity contribution in [1.29, 1.82) is 0 Å². The second kappa shape index (κ2) is 5.31. The lowest BCUT2D eigenvalue weighted by Crippen LogP contribution is -2.04. The summed E-state index contributed by atoms with van der Waals surface area (Å²) in [6.07, 6.45) is -3.67. The van der Waals surface area contributed by atoms with Crippen LogP contribution < -0.4 is 4.74 Å². The molecular formula is C12H11F3N2O2. The minimum Gasteiger partial charge on any atom is -0.468 e. The highest BCUT2D eigenvalue weighted by atomic mass is 19.4. The van der Waals surface area contributed by atoms with E-state index < -0.39 is 11.9 Å². The van der Waals surface area contributed by atoms with Gasteiger partial charge in [0.25, 0.3) is 0 Å². The third-order valence-corrected chi connectivity index (χ3v) is 2.33. The maximum absolute atomic E-state index is 12.5. The summed E-state index contributed by atoms with van der Waals surface area (Å²) in [4.78, 5) is 5.94. The van der Waals surface area contributed by atoms with Crippen molar-refractivity contribution >= 4 is 0 Å². The van der Waals surface area contributed by atoms with Crippen LogP contribution in [0.25, 0.3) is 11.4 Å². The lowest BCUT2D eigenvalue weighted by Gasteiger charge is -2.05. The van der Waals surface area contributed by atoms with Crippen LogP contribution in [0.3, 0.4) is 0 Å². The van der Waals surface area contributed by atoms with E-state index in [2.05, 4.69) is 9.97 Å². The molecule has 0 saturated heterocycles. The summed E-state index contributed by atoms with van der Waals surface area (Å²) in [7, 11) is 1.48. The molecule has 1 aromatic carbocycles. The van der Waals surface area contributed by atoms with Gasteiger partial charge in [0.05, 0.1) is 6.20 Å². The Balaban J connectivity index is 2.24. The fourth-order valence-electron chi connectivity index (χ4n) is 1.47. The predicted molar refractivity (Wildman–Crippen MR) is 61.5 cm³/mol. The Morgan fingerprint density at radius 2 is 2.11 bits per heavy atom. The third kappa shape index (κ3) is 3.25. The van der Waals surface area contributed by atoms with Crippen LogP contribution in [0.15, 0.2) is 30.5 Å². The number of nitrogens with one attached hydrogen (secondary N) is 1. The molecule has 1 N–H and O–H groups in total. The first-order valence-corrected chi connectivity index (χ1v) is 5.35. The van der Waals surface area contributed by atoms with E-state index in [1.165, 1.54) is 7.11 Å². The fourth-order valence-corrected chi connectivity index (χ4v) is 1.47. The van der Waals surface area contributed by atoms with E-state index in [1.807, 2.05) is 0 Å². The Labute approximate surface area is 107 Å². The number of hydrogen-bond acceptors (Lipinski definition) is 3. The summed E-state index contributed by atoms with van der Waals surface area (Å²) in [6, 6.07) is 6.56. The average Bonchev–Trinajstić information content (AvgIpc) is 2.86. The van der Waals surface area contributed by atoms with Gasteiger partial charge in [0.15, 0.2) is 6.79 Å². The van der Waals surface area contributed by atoms with Gasteiger partial charge in [0.2, 0.25) is 0 Å². The first kappa shape index (κ1) is 13.4. The first-order chi connectivity index (χ1) is 9.00. The van der Waals surface area contributed by atoms with Crippen LogP contribution in [-0.4, -0.2) is 23.9 Å². The molecule has 0 bridgehead atoms. The molecule has 2 rings (SSSR count). The molecule has 0 fully saturated rings. The molecule has 0 aliphatic heterocycles. The number of rotatable bonds is 4. The number of H-pyrrole nitrogens is 1. The number of hydrogen-bond donors (Lipinski definition) is 1. The van der Waals surface area contributed by atoms with Gasteiger partial charge < -0.3 is 14.5 Å². The second-order valence-electron chi connectivity index (χ2n) is 3.72. The van der Waals surface area contributed by atoms with Crippen molar-refractivity contribution in [3.8, 4) is 17.1 Å². The fraction of sp³-hybridized carbons (Fsp3) is 0.250. The molecule has 0 unspecified atom stereocenters. The normalized spacial score (nSPS) is 11.6. The van der Waals surface area contributed by atoms with Crippen molar-refractivity contribution in [2.24, 2.45) is 0 Å². The van der Waals surface area contributed by atoms with Crippen LogP contribution >= 0.6 is 0 Å². The Bertz CT molecular complexity index is 552. The van der Waals surface area contributed by atoms with Crippen LogP contribution in [0.1, 0.15) is 5.69 Å². The lowest BCUT2D eigenvalue weighted by atomic mass is 10.2. The smallest absolute Gasteiger partial charge is 0.432 e. The molecule has 0 aliphatic rings. The highest BCUT2D eigenvalue weighted by Crippen LogP contribution is 2.30. The molecule has 0 saturated carbocycles. The van der Waals surface area contributed by atoms with Crippen LogP contribution in [-0.2, 0) is 10.9 Å². The summed E-state index contributed by atoms with van der Waals surface area (Å²) >= 11 is 0. The van der Waals surface area contributed by atoms with Crippen LogP contribution in [0.2, 0.25) is 0 Å². The van der Waals surface area contributed by atoms with Gasteiger partial charge in [0.1, 0.15) is 17.3 Å². The topological polar surface area (TPSA) is 47.1 Å². The number of imidazole rings is 1. The van der Waals surface area contributed by atoms with Gasteiger partial charge in [-0.1, -0.05) is 12.1 Å². The molecule has 19 heavy (non-hydrogen) atoms. The number of nitrogens with zero attached hydrogens (tertiary/aromatic N) is 1. The highest BCUT2D eigenvalue weighted by Gasteiger charge is 2.33. The maximum Gasteiger partial charge on any atom is 0.432 e. The van der Waals surface area contributed by atoms with E-state index in [4.69, 9.17) is 9.47 Å². The molecule has 1 heterocycles. The summed E-state index contributed by atoms with van der Waals surface area (Å²) in [6.45, 7) is 0.0649. The molecule has 0 atom stereocenters. The Kier molecular flexibility index (Phi) is 3.75. The minimum absolute atomic E-state index is 0.0649. The molecule has 4 nitrogen and oxygen atoms in total. The van der Waals surface area contributed by atoms with Crippen molar-refractivity contribution in [3.63, 3.8) is 0 Å². The van der Waals surface area contributed by atoms with E-state index in [0.717, 1.165) is 6.20 Å². The zero-order valence-corrected chi connectivity index (χ0v) is 9.99. The van der Waals surface area contributed by atoms with Crippen LogP contribution in [0.4, 0.5) is 13.2 Å². The Morgan fingerprint density at radius 3 is 2.74 bits per heavy atom. The Hall–Kier alpha value is -2.02. The second-order valence-corrected chi connectivity index (χ2v) is 3.72. The Morgan fingerprint density at radius 1 is 1.32 bits per heavy atom. The summed E-state index contributed by atoms with van der Waals surface area (Å²) in [5, 5.41) is 0. The van der Waals surface area contributed by atoms with Gasteiger partial charge >= 0.3 is 6.18 Å². The number of aromatic nitrogens is 2. The van der Waals surface area contributed by atoms with Crippen molar-refractivity contribution in [2.75, 3.05) is 13.9 Å². The summed E-state index contributed by atoms with van der Waals surface area (Å²) in [5.74, 6) is 0.625. The summed E-state index contributed by atoms with van der Waals surface area (Å²) < 4.78 is 47.3. The molecule has 0 radical (unpaired) electrons. The van der Waals surface area contributed by atoms with Gasteiger partial charge in [-0.05, 0) is 12.1 Å². The zero-order valence-electron chi connectivity index (χ0n) is 9.99. The predicted octanol–water partition coefficient (Wildman–Crippen LogP) is 3.08. The molecule has 1 aromatic heterocycles. The maximum atomic E-state index is 12.5. The van der Waals surface area contributed by atoms with E-state index in [1.54, 1.807) is 24.3 Å². The molecule has 0 spiro atoms. The molecule has 0 aliphatic carbocycles. The number of aromatic amines is 1. The molecule has 7 heteroatoms. The quantitative estimate of drug-likeness (QED) is 0.870. The summed E-state index contributed by atoms with van der Waals surface area (Å²) in [5.41, 5.74) is -0.380. The van der Waals surface area contributed by atoms with E-state index in [0.29, 0.717) is 11.3 Å². The van der Waals surface area contributed by atoms with Gasteiger partial charge in [-0.15, -0.1) is 0 Å². The lowest BCUT2D eigenvalue weighted by molar-refractivity contribution is -0.140. The van der Waals surface area contributed by atoms with Crippen molar-refractivity contribution < 1.29 is 22.6 Å². The van der Waals surface area contributed by atoms with Crippen molar-refractivity contribution in [3.05, 3.63) is 36.2 Å². The minimum atomic E-state index is -4.44. The van der Waals surface area contributed by atoms with Crippen LogP contribution in [0, 0.1) is 0 Å². The SMILES string of the molecule is COCOc1cccc(-c2ncc(C(F)(F)F)[nH]2)c1. The molecule has 2 aromatic rings. The molecular weight excluding hydrogens is 261 g/mol. The monoisotopic (exact) mass is 272 g/mol. The number of halogens is 3. The van der Waals surface area contributed by atoms with Gasteiger partial charge in [-0.2, -0.15) is 13.2 Å². The third-order valence-electron chi connectivity index (χ3n) is 2.33. The van der Waals surface area contributed by atoms with Crippen LogP contribution in [0.5, 0.6) is 5.75 Å². The van der Waals surface area contributed by atoms with E-state index >= 15 is 0 Å². The van der Waals surface area contributed by atoms with E-state index in [9.17, 15) is 13.2 Å². The number of benzene rings is 1. The standard InChI is InChI=1S/C12H11F3N2O2/c1-18-7-19-9-4-2-3-8(5-9)11-16-6-10(17-11)12(13,14)15/h2-6H,7H2,1H3,(H,16,17). The first-order valence-electron chi connectivity index (χ1n) is 5.35.